The molecule has 1 spiro atoms. The summed E-state index contributed by atoms with van der Waals surface area (Å²) in [6, 6.07) is 84.0. The van der Waals surface area contributed by atoms with Crippen molar-refractivity contribution >= 4 is 48.6 Å². The van der Waals surface area contributed by atoms with Gasteiger partial charge in [0.25, 0.3) is 0 Å². The summed E-state index contributed by atoms with van der Waals surface area (Å²) in [6.45, 7) is 0. The lowest BCUT2D eigenvalue weighted by Gasteiger charge is -2.32. The van der Waals surface area contributed by atoms with E-state index in [1.54, 1.807) is 0 Å². The Morgan fingerprint density at radius 3 is 1.55 bits per heavy atom. The van der Waals surface area contributed by atoms with Crippen molar-refractivity contribution in [1.82, 2.24) is 0 Å². The predicted molar refractivity (Wildman–Crippen MR) is 269 cm³/mol. The van der Waals surface area contributed by atoms with Crippen LogP contribution >= 0.6 is 11.3 Å². The van der Waals surface area contributed by atoms with Gasteiger partial charge in [0.1, 0.15) is 0 Å². The minimum atomic E-state index is -0.426. The number of anilines is 3. The molecule has 1 heterocycles. The molecule has 3 aliphatic rings. The molecular weight excluding hydrogens is 791 g/mol. The highest BCUT2D eigenvalue weighted by atomic mass is 32.1. The second kappa shape index (κ2) is 13.6. The Morgan fingerprint density at radius 1 is 0.359 bits per heavy atom. The Labute approximate surface area is 376 Å². The SMILES string of the molecule is c1ccc(-c2ccc(N(c3ccc(-c4cc5c(sc6ccccc65)c5c4Cc4ccccc4-5)cc3)c3ccc4c(c3)C3(c5ccccc5-c5ccccc53)c3ccccc3-4)cc2)cc1. The van der Waals surface area contributed by atoms with E-state index >= 15 is 0 Å². The Bertz CT molecular complexity index is 3620. The summed E-state index contributed by atoms with van der Waals surface area (Å²) < 4.78 is 2.74. The van der Waals surface area contributed by atoms with Crippen LogP contribution in [-0.2, 0) is 11.8 Å². The maximum Gasteiger partial charge on any atom is 0.0726 e. The van der Waals surface area contributed by atoms with Gasteiger partial charge in [0.05, 0.1) is 5.41 Å². The molecule has 0 saturated carbocycles. The molecule has 1 nitrogen and oxygen atoms in total. The van der Waals surface area contributed by atoms with Gasteiger partial charge in [0.15, 0.2) is 0 Å². The standard InChI is InChI=1S/C62H39NS/c1-2-14-39(15-3-1)40-26-30-43(31-27-40)63(45-34-35-50-49-20-8-12-24-57(49)62(58(50)37-45)55-22-10-6-18-47(55)48-19-7-11-23-56(48)62)44-32-28-41(29-33-44)52-38-54-51-21-9-13-25-59(51)64-61(54)60-46-17-5-4-16-42(46)36-53(52)60/h1-35,37-38H,36H2. The largest absolute Gasteiger partial charge is 0.310 e. The average Bonchev–Trinajstić information content (AvgIpc) is 4.10. The Hall–Kier alpha value is -7.78. The molecule has 0 N–H and O–H groups in total. The van der Waals surface area contributed by atoms with Crippen LogP contribution in [0.25, 0.3) is 75.8 Å². The maximum absolute atomic E-state index is 2.49. The monoisotopic (exact) mass is 829 g/mol. The summed E-state index contributed by atoms with van der Waals surface area (Å²) in [5, 5.41) is 2.68. The molecule has 0 radical (unpaired) electrons. The first-order valence-corrected chi connectivity index (χ1v) is 23.1. The van der Waals surface area contributed by atoms with Crippen molar-refractivity contribution in [3.8, 4) is 55.6 Å². The molecule has 14 rings (SSSR count). The number of hydrogen-bond acceptors (Lipinski definition) is 2. The summed E-state index contributed by atoms with van der Waals surface area (Å²) in [5.74, 6) is 0. The number of thiophene rings is 1. The zero-order valence-corrected chi connectivity index (χ0v) is 35.7. The molecule has 298 valence electrons. The molecule has 64 heavy (non-hydrogen) atoms. The van der Waals surface area contributed by atoms with E-state index in [0.717, 1.165) is 23.5 Å². The molecule has 0 unspecified atom stereocenters. The first-order valence-electron chi connectivity index (χ1n) is 22.3. The van der Waals surface area contributed by atoms with Gasteiger partial charge in [-0.1, -0.05) is 176 Å². The van der Waals surface area contributed by atoms with Gasteiger partial charge in [-0.05, 0) is 138 Å². The van der Waals surface area contributed by atoms with E-state index in [1.165, 1.54) is 109 Å². The van der Waals surface area contributed by atoms with Gasteiger partial charge in [0.2, 0.25) is 0 Å². The molecule has 0 saturated heterocycles. The summed E-state index contributed by atoms with van der Waals surface area (Å²) in [5.41, 5.74) is 24.2. The van der Waals surface area contributed by atoms with Crippen molar-refractivity contribution in [1.29, 1.82) is 0 Å². The lowest BCUT2D eigenvalue weighted by molar-refractivity contribution is 0.793. The molecule has 2 heteroatoms. The number of rotatable bonds is 5. The van der Waals surface area contributed by atoms with Gasteiger partial charge < -0.3 is 4.90 Å². The summed E-state index contributed by atoms with van der Waals surface area (Å²) in [7, 11) is 0. The molecule has 10 aromatic carbocycles. The lowest BCUT2D eigenvalue weighted by Crippen LogP contribution is -2.26. The van der Waals surface area contributed by atoms with E-state index in [1.807, 2.05) is 11.3 Å². The van der Waals surface area contributed by atoms with Gasteiger partial charge >= 0.3 is 0 Å². The van der Waals surface area contributed by atoms with Gasteiger partial charge in [-0.3, -0.25) is 0 Å². The smallest absolute Gasteiger partial charge is 0.0726 e. The van der Waals surface area contributed by atoms with Crippen molar-refractivity contribution in [2.75, 3.05) is 4.90 Å². The van der Waals surface area contributed by atoms with Crippen LogP contribution in [0.4, 0.5) is 17.1 Å². The molecule has 1 aromatic heterocycles. The highest BCUT2D eigenvalue weighted by Crippen LogP contribution is 2.63. The molecular formula is C62H39NS. The van der Waals surface area contributed by atoms with Crippen molar-refractivity contribution in [2.24, 2.45) is 0 Å². The van der Waals surface area contributed by atoms with Gasteiger partial charge in [-0.15, -0.1) is 11.3 Å². The molecule has 0 fully saturated rings. The van der Waals surface area contributed by atoms with Crippen LogP contribution in [-0.4, -0.2) is 0 Å². The van der Waals surface area contributed by atoms with E-state index in [9.17, 15) is 0 Å². The normalized spacial score (nSPS) is 13.4. The minimum Gasteiger partial charge on any atom is -0.310 e. The van der Waals surface area contributed by atoms with Crippen LogP contribution in [0.2, 0.25) is 0 Å². The van der Waals surface area contributed by atoms with Crippen LogP contribution in [0.1, 0.15) is 33.4 Å². The van der Waals surface area contributed by atoms with Crippen molar-refractivity contribution < 1.29 is 0 Å². The Morgan fingerprint density at radius 2 is 0.875 bits per heavy atom. The number of hydrogen-bond donors (Lipinski definition) is 0. The fourth-order valence-corrected chi connectivity index (χ4v) is 12.9. The van der Waals surface area contributed by atoms with E-state index in [4.69, 9.17) is 0 Å². The summed E-state index contributed by atoms with van der Waals surface area (Å²) in [4.78, 5) is 2.46. The van der Waals surface area contributed by atoms with Crippen molar-refractivity contribution in [3.63, 3.8) is 0 Å². The fourth-order valence-electron chi connectivity index (χ4n) is 11.6. The number of nitrogens with zero attached hydrogens (tertiary/aromatic N) is 1. The molecule has 11 aromatic rings. The number of fused-ring (bicyclic) bond motifs is 17. The zero-order valence-electron chi connectivity index (χ0n) is 34.9. The first-order chi connectivity index (χ1) is 31.7. The zero-order chi connectivity index (χ0) is 41.9. The van der Waals surface area contributed by atoms with E-state index in [2.05, 4.69) is 229 Å². The Kier molecular flexibility index (Phi) is 7.61. The molecule has 0 atom stereocenters. The topological polar surface area (TPSA) is 3.24 Å². The van der Waals surface area contributed by atoms with E-state index < -0.39 is 5.41 Å². The van der Waals surface area contributed by atoms with Crippen molar-refractivity contribution in [2.45, 2.75) is 11.8 Å². The third-order valence-corrected chi connectivity index (χ3v) is 15.5. The third-order valence-electron chi connectivity index (χ3n) is 14.3. The summed E-state index contributed by atoms with van der Waals surface area (Å²) >= 11 is 1.93. The molecule has 0 amide bonds. The quantitative estimate of drug-likeness (QED) is 0.167. The second-order valence-electron chi connectivity index (χ2n) is 17.5. The maximum atomic E-state index is 2.49. The number of benzene rings is 10. The Balaban J connectivity index is 0.960. The predicted octanol–water partition coefficient (Wildman–Crippen LogP) is 16.8. The fraction of sp³-hybridized carbons (Fsp3) is 0.0323. The highest BCUT2D eigenvalue weighted by molar-refractivity contribution is 7.26. The van der Waals surface area contributed by atoms with Crippen LogP contribution in [0.5, 0.6) is 0 Å². The molecule has 0 aliphatic heterocycles. The van der Waals surface area contributed by atoms with E-state index in [0.29, 0.717) is 0 Å². The van der Waals surface area contributed by atoms with Gasteiger partial charge in [0, 0.05) is 42.8 Å². The lowest BCUT2D eigenvalue weighted by atomic mass is 9.70. The van der Waals surface area contributed by atoms with Crippen LogP contribution in [0, 0.1) is 0 Å². The second-order valence-corrected chi connectivity index (χ2v) is 18.6. The summed E-state index contributed by atoms with van der Waals surface area (Å²) in [6.07, 6.45) is 0.943. The van der Waals surface area contributed by atoms with Crippen LogP contribution < -0.4 is 4.90 Å². The minimum absolute atomic E-state index is 0.426. The van der Waals surface area contributed by atoms with Gasteiger partial charge in [-0.25, -0.2) is 0 Å². The van der Waals surface area contributed by atoms with Crippen molar-refractivity contribution in [3.05, 3.63) is 258 Å². The molecule has 3 aliphatic carbocycles. The highest BCUT2D eigenvalue weighted by Gasteiger charge is 2.51. The molecule has 0 bridgehead atoms. The average molecular weight is 830 g/mol. The van der Waals surface area contributed by atoms with Crippen LogP contribution in [0.3, 0.4) is 0 Å². The third kappa shape index (κ3) is 4.95. The van der Waals surface area contributed by atoms with Gasteiger partial charge in [-0.2, -0.15) is 0 Å². The van der Waals surface area contributed by atoms with Crippen LogP contribution in [0.15, 0.2) is 224 Å². The first kappa shape index (κ1) is 35.8. The van der Waals surface area contributed by atoms with E-state index in [-0.39, 0.29) is 0 Å².